The van der Waals surface area contributed by atoms with E-state index >= 15 is 0 Å². The number of rotatable bonds is 4. The van der Waals surface area contributed by atoms with Gasteiger partial charge in [0.15, 0.2) is 5.76 Å². The van der Waals surface area contributed by atoms with Gasteiger partial charge in [0.2, 0.25) is 0 Å². The van der Waals surface area contributed by atoms with Gasteiger partial charge < -0.3 is 14.6 Å². The van der Waals surface area contributed by atoms with E-state index in [1.54, 1.807) is 11.6 Å². The number of thiazole rings is 1. The molecule has 2 amide bonds. The zero-order valence-corrected chi connectivity index (χ0v) is 15.6. The van der Waals surface area contributed by atoms with Gasteiger partial charge in [-0.2, -0.15) is 0 Å². The van der Waals surface area contributed by atoms with Crippen molar-refractivity contribution in [2.75, 3.05) is 18.5 Å². The molecule has 0 spiro atoms. The van der Waals surface area contributed by atoms with Crippen LogP contribution in [0.2, 0.25) is 0 Å². The summed E-state index contributed by atoms with van der Waals surface area (Å²) in [4.78, 5) is 21.3. The molecule has 0 radical (unpaired) electrons. The van der Waals surface area contributed by atoms with Gasteiger partial charge in [-0.05, 0) is 19.1 Å². The van der Waals surface area contributed by atoms with Gasteiger partial charge in [-0.25, -0.2) is 9.78 Å². The van der Waals surface area contributed by atoms with Gasteiger partial charge >= 0.3 is 6.03 Å². The van der Waals surface area contributed by atoms with Gasteiger partial charge in [0.05, 0.1) is 11.4 Å². The van der Waals surface area contributed by atoms with Gasteiger partial charge in [0.1, 0.15) is 16.4 Å². The summed E-state index contributed by atoms with van der Waals surface area (Å²) in [6.07, 6.45) is 2.95. The molecule has 0 saturated carbocycles. The number of aryl methyl sites for hydroxylation is 1. The highest BCUT2D eigenvalue weighted by atomic mass is 32.1. The molecule has 27 heavy (non-hydrogen) atoms. The fourth-order valence-electron chi connectivity index (χ4n) is 3.04. The highest BCUT2D eigenvalue weighted by molar-refractivity contribution is 7.13. The maximum absolute atomic E-state index is 12.6. The lowest BCUT2D eigenvalue weighted by Crippen LogP contribution is -2.50. The highest BCUT2D eigenvalue weighted by Crippen LogP contribution is 2.33. The van der Waals surface area contributed by atoms with E-state index in [-0.39, 0.29) is 6.03 Å². The Morgan fingerprint density at radius 3 is 2.85 bits per heavy atom. The van der Waals surface area contributed by atoms with E-state index < -0.39 is 5.54 Å². The molecular formula is C18H19N5O3S. The molecule has 140 valence electrons. The summed E-state index contributed by atoms with van der Waals surface area (Å²) in [6.45, 7) is 2.94. The summed E-state index contributed by atoms with van der Waals surface area (Å²) in [6, 6.07) is 7.14. The van der Waals surface area contributed by atoms with Crippen LogP contribution in [-0.4, -0.2) is 34.4 Å². The van der Waals surface area contributed by atoms with Crippen molar-refractivity contribution in [3.05, 3.63) is 47.3 Å². The number of ether oxygens (including phenoxy) is 1. The van der Waals surface area contributed by atoms with Crippen LogP contribution in [0.3, 0.4) is 0 Å². The number of hydrogen-bond donors (Lipinski definition) is 2. The van der Waals surface area contributed by atoms with Crippen molar-refractivity contribution in [3.8, 4) is 10.7 Å². The number of anilines is 1. The number of nitrogens with one attached hydrogen (secondary N) is 2. The number of urea groups is 1. The maximum atomic E-state index is 12.6. The van der Waals surface area contributed by atoms with E-state index in [0.29, 0.717) is 37.6 Å². The molecule has 1 saturated heterocycles. The number of carbonyl (C=O) groups excluding carboxylic acids is 1. The largest absolute Gasteiger partial charge is 0.381 e. The van der Waals surface area contributed by atoms with Gasteiger partial charge in [0, 0.05) is 43.7 Å². The molecule has 8 nitrogen and oxygen atoms in total. The molecule has 0 atom stereocenters. The van der Waals surface area contributed by atoms with Crippen LogP contribution in [0.5, 0.6) is 0 Å². The average Bonchev–Trinajstić information content (AvgIpc) is 3.32. The number of carbonyl (C=O) groups is 1. The molecule has 3 aromatic heterocycles. The molecule has 1 fully saturated rings. The molecule has 0 bridgehead atoms. The molecule has 1 aliphatic rings. The fraction of sp³-hybridized carbons (Fsp3) is 0.333. The predicted octanol–water partition coefficient (Wildman–Crippen LogP) is 3.33. The van der Waals surface area contributed by atoms with Crippen LogP contribution in [0.15, 0.2) is 40.4 Å². The fourth-order valence-corrected chi connectivity index (χ4v) is 3.77. The normalized spacial score (nSPS) is 16.0. The van der Waals surface area contributed by atoms with Crippen LogP contribution in [0.4, 0.5) is 10.6 Å². The molecule has 0 aromatic carbocycles. The Morgan fingerprint density at radius 2 is 2.15 bits per heavy atom. The van der Waals surface area contributed by atoms with E-state index in [4.69, 9.17) is 9.26 Å². The number of nitrogens with zero attached hydrogens (tertiary/aromatic N) is 3. The average molecular weight is 385 g/mol. The molecule has 4 rings (SSSR count). The van der Waals surface area contributed by atoms with Crippen molar-refractivity contribution in [2.24, 2.45) is 0 Å². The SMILES string of the molecule is Cc1cc(C2(NC(=O)Nc3csc(-c4ccccn4)n3)CCOCC2)on1. The third-order valence-corrected chi connectivity index (χ3v) is 5.29. The lowest BCUT2D eigenvalue weighted by molar-refractivity contribution is 0.0307. The minimum atomic E-state index is -0.635. The van der Waals surface area contributed by atoms with Gasteiger partial charge in [-0.1, -0.05) is 11.2 Å². The maximum Gasteiger partial charge on any atom is 0.321 e. The smallest absolute Gasteiger partial charge is 0.321 e. The molecule has 4 heterocycles. The van der Waals surface area contributed by atoms with Crippen molar-refractivity contribution in [3.63, 3.8) is 0 Å². The summed E-state index contributed by atoms with van der Waals surface area (Å²) in [5.41, 5.74) is 0.912. The molecule has 1 aliphatic heterocycles. The molecule has 3 aromatic rings. The summed E-state index contributed by atoms with van der Waals surface area (Å²) in [5.74, 6) is 1.13. The summed E-state index contributed by atoms with van der Waals surface area (Å²) in [7, 11) is 0. The van der Waals surface area contributed by atoms with Crippen molar-refractivity contribution < 1.29 is 14.1 Å². The van der Waals surface area contributed by atoms with Crippen LogP contribution in [0.25, 0.3) is 10.7 Å². The standard InChI is InChI=1S/C18H19N5O3S/c1-12-10-14(26-23-12)18(5-8-25-9-6-18)22-17(24)21-15-11-27-16(20-15)13-4-2-3-7-19-13/h2-4,7,10-11H,5-6,8-9H2,1H3,(H2,21,22,24). The first-order valence-corrected chi connectivity index (χ1v) is 9.50. The van der Waals surface area contributed by atoms with Crippen molar-refractivity contribution in [1.82, 2.24) is 20.4 Å². The van der Waals surface area contributed by atoms with Crippen molar-refractivity contribution >= 4 is 23.2 Å². The molecule has 0 unspecified atom stereocenters. The Kier molecular flexibility index (Phi) is 4.87. The first kappa shape index (κ1) is 17.6. The zero-order chi connectivity index (χ0) is 18.7. The van der Waals surface area contributed by atoms with Crippen molar-refractivity contribution in [1.29, 1.82) is 0 Å². The number of hydrogen-bond acceptors (Lipinski definition) is 7. The molecule has 0 aliphatic carbocycles. The third kappa shape index (κ3) is 3.83. The van der Waals surface area contributed by atoms with Gasteiger partial charge in [-0.15, -0.1) is 11.3 Å². The molecule has 2 N–H and O–H groups in total. The Balaban J connectivity index is 1.48. The van der Waals surface area contributed by atoms with Crippen LogP contribution >= 0.6 is 11.3 Å². The summed E-state index contributed by atoms with van der Waals surface area (Å²) in [5, 5.41) is 12.3. The van der Waals surface area contributed by atoms with Crippen molar-refractivity contribution in [2.45, 2.75) is 25.3 Å². The van der Waals surface area contributed by atoms with E-state index in [0.717, 1.165) is 16.4 Å². The van der Waals surface area contributed by atoms with Crippen LogP contribution in [0, 0.1) is 6.92 Å². The Bertz CT molecular complexity index is 918. The van der Waals surface area contributed by atoms with E-state index in [1.807, 2.05) is 31.2 Å². The minimum absolute atomic E-state index is 0.344. The monoisotopic (exact) mass is 385 g/mol. The molecular weight excluding hydrogens is 366 g/mol. The van der Waals surface area contributed by atoms with Crippen LogP contribution < -0.4 is 10.6 Å². The third-order valence-electron chi connectivity index (χ3n) is 4.43. The van der Waals surface area contributed by atoms with Gasteiger partial charge in [-0.3, -0.25) is 10.3 Å². The quantitative estimate of drug-likeness (QED) is 0.714. The zero-order valence-electron chi connectivity index (χ0n) is 14.8. The molecule has 9 heteroatoms. The topological polar surface area (TPSA) is 102 Å². The second-order valence-electron chi connectivity index (χ2n) is 6.36. The van der Waals surface area contributed by atoms with Gasteiger partial charge in [0.25, 0.3) is 0 Å². The van der Waals surface area contributed by atoms with E-state index in [1.165, 1.54) is 11.3 Å². The second kappa shape index (κ2) is 7.45. The van der Waals surface area contributed by atoms with Crippen LogP contribution in [0.1, 0.15) is 24.3 Å². The summed E-state index contributed by atoms with van der Waals surface area (Å²) < 4.78 is 10.9. The number of aromatic nitrogens is 3. The Labute approximate surface area is 160 Å². The second-order valence-corrected chi connectivity index (χ2v) is 7.22. The first-order valence-electron chi connectivity index (χ1n) is 8.62. The Hall–Kier alpha value is -2.78. The summed E-state index contributed by atoms with van der Waals surface area (Å²) >= 11 is 1.42. The lowest BCUT2D eigenvalue weighted by atomic mass is 9.87. The lowest BCUT2D eigenvalue weighted by Gasteiger charge is -2.35. The first-order chi connectivity index (χ1) is 13.1. The van der Waals surface area contributed by atoms with Crippen LogP contribution in [-0.2, 0) is 10.3 Å². The highest BCUT2D eigenvalue weighted by Gasteiger charge is 2.39. The minimum Gasteiger partial charge on any atom is -0.381 e. The van der Waals surface area contributed by atoms with E-state index in [2.05, 4.69) is 25.8 Å². The number of pyridine rings is 1. The van der Waals surface area contributed by atoms with E-state index in [9.17, 15) is 4.79 Å². The number of amides is 2. The Morgan fingerprint density at radius 1 is 1.30 bits per heavy atom. The predicted molar refractivity (Wildman–Crippen MR) is 100 cm³/mol.